The number of morpholine rings is 2. The van der Waals surface area contributed by atoms with Crippen molar-refractivity contribution in [1.29, 1.82) is 0 Å². The first-order valence-corrected chi connectivity index (χ1v) is 30.4. The summed E-state index contributed by atoms with van der Waals surface area (Å²) < 4.78 is 219. The zero-order valence-electron chi connectivity index (χ0n) is 40.2. The van der Waals surface area contributed by atoms with E-state index < -0.39 is 113 Å². The molecule has 79 heavy (non-hydrogen) atoms. The van der Waals surface area contributed by atoms with Gasteiger partial charge in [0.25, 0.3) is 60.7 Å². The topological polar surface area (TPSA) is 477 Å². The Balaban J connectivity index is 0.00000903. The van der Waals surface area contributed by atoms with Gasteiger partial charge in [0.05, 0.1) is 47.6 Å². The molecule has 2 aliphatic rings. The number of rotatable bonds is 18. The predicted molar refractivity (Wildman–Crippen MR) is 278 cm³/mol. The van der Waals surface area contributed by atoms with Gasteiger partial charge in [-0.15, -0.1) is 0 Å². The summed E-state index contributed by atoms with van der Waals surface area (Å²) in [6.07, 6.45) is 2.16. The van der Waals surface area contributed by atoms with Crippen LogP contribution in [0, 0.1) is 0 Å². The summed E-state index contributed by atoms with van der Waals surface area (Å²) in [7, 11) is -30.1. The van der Waals surface area contributed by atoms with Gasteiger partial charge in [-0.2, -0.15) is 80.4 Å². The molecule has 0 unspecified atom stereocenters. The van der Waals surface area contributed by atoms with E-state index in [1.54, 1.807) is 9.80 Å². The minimum absolute atomic E-state index is 0. The molecule has 6 aromatic rings. The summed E-state index contributed by atoms with van der Waals surface area (Å²) in [5.74, 6) is -1.72. The number of anilines is 10. The molecule has 2 aromatic heterocycles. The SMILES string of the molecule is O=S(=O)(O)c1ccc(S(=O)(=O)O)c(Nc2nc(Nc3ccc(C=Cc4ccc(Nc5nc(Nc6cc(S(=O)(=O)O)ccc6S(=O)(=O)O)nc(N6CCOCC6)n5)cc4S(=O)(=O)O)c(S(=O)(=O)O)c3)nc(N3CCOCC3)n2)c1.[Na]. The number of hydrogen-bond acceptors (Lipinski definition) is 26. The van der Waals surface area contributed by atoms with Gasteiger partial charge in [-0.25, -0.2) is 0 Å². The molecule has 0 bridgehead atoms. The van der Waals surface area contributed by atoms with Gasteiger partial charge in [-0.3, -0.25) is 27.3 Å². The van der Waals surface area contributed by atoms with Crippen LogP contribution in [0.3, 0.4) is 0 Å². The van der Waals surface area contributed by atoms with Gasteiger partial charge >= 0.3 is 0 Å². The Hall–Kier alpha value is -6.18. The van der Waals surface area contributed by atoms with E-state index in [1.807, 2.05) is 0 Å². The second-order valence-electron chi connectivity index (χ2n) is 16.3. The van der Waals surface area contributed by atoms with Crippen molar-refractivity contribution < 1.29 is 87.3 Å². The summed E-state index contributed by atoms with van der Waals surface area (Å²) >= 11 is 0. The Morgan fingerprint density at radius 3 is 1.01 bits per heavy atom. The third-order valence-electron chi connectivity index (χ3n) is 10.9. The first kappa shape index (κ1) is 60.5. The van der Waals surface area contributed by atoms with Crippen LogP contribution < -0.4 is 31.1 Å². The van der Waals surface area contributed by atoms with Crippen molar-refractivity contribution in [2.75, 3.05) is 83.7 Å². The van der Waals surface area contributed by atoms with Crippen molar-refractivity contribution in [2.45, 2.75) is 29.4 Å². The summed E-state index contributed by atoms with van der Waals surface area (Å²) in [4.78, 5) is 24.1. The van der Waals surface area contributed by atoms with Crippen LogP contribution >= 0.6 is 0 Å². The van der Waals surface area contributed by atoms with Gasteiger partial charge in [0.15, 0.2) is 0 Å². The Bertz CT molecular complexity index is 3840. The normalized spacial score (nSPS) is 14.9. The van der Waals surface area contributed by atoms with Crippen molar-refractivity contribution in [3.63, 3.8) is 0 Å². The van der Waals surface area contributed by atoms with Crippen LogP contribution in [-0.2, 0) is 70.2 Å². The van der Waals surface area contributed by atoms with Crippen LogP contribution in [-0.4, -0.2) is 190 Å². The number of nitrogens with zero attached hydrogens (tertiary/aromatic N) is 8. The monoisotopic (exact) mass is 1220 g/mol. The molecule has 0 atom stereocenters. The average Bonchev–Trinajstić information content (AvgIpc) is 3.35. The molecule has 0 spiro atoms. The van der Waals surface area contributed by atoms with E-state index in [0.717, 1.165) is 36.4 Å². The third kappa shape index (κ3) is 15.4. The smallest absolute Gasteiger partial charge is 0.296 e. The van der Waals surface area contributed by atoms with Crippen LogP contribution in [0.15, 0.2) is 102 Å². The van der Waals surface area contributed by atoms with E-state index in [-0.39, 0.29) is 128 Å². The third-order valence-corrected chi connectivity index (χ3v) is 16.3. The van der Waals surface area contributed by atoms with Gasteiger partial charge in [-0.05, 0) is 71.8 Å². The molecule has 1 radical (unpaired) electrons. The fourth-order valence-electron chi connectivity index (χ4n) is 7.37. The largest absolute Gasteiger partial charge is 0.378 e. The quantitative estimate of drug-likeness (QED) is 0.0334. The Kier molecular flexibility index (Phi) is 18.0. The molecule has 2 saturated heterocycles. The molecule has 417 valence electrons. The number of aromatic nitrogens is 6. The zero-order valence-corrected chi connectivity index (χ0v) is 47.1. The number of benzene rings is 4. The first-order valence-electron chi connectivity index (χ1n) is 21.7. The van der Waals surface area contributed by atoms with E-state index in [9.17, 15) is 77.8 Å². The molecule has 2 fully saturated rings. The summed E-state index contributed by atoms with van der Waals surface area (Å²) in [6.45, 7) is 1.87. The second kappa shape index (κ2) is 23.5. The van der Waals surface area contributed by atoms with Crippen molar-refractivity contribution in [1.82, 2.24) is 29.9 Å². The van der Waals surface area contributed by atoms with Gasteiger partial charge in [0.1, 0.15) is 19.6 Å². The van der Waals surface area contributed by atoms with Crippen LogP contribution in [0.25, 0.3) is 12.2 Å². The molecule has 0 amide bonds. The molecule has 32 nitrogen and oxygen atoms in total. The summed E-state index contributed by atoms with van der Waals surface area (Å²) in [5.41, 5.74) is -1.89. The molecule has 4 aromatic carbocycles. The number of ether oxygens (including phenoxy) is 2. The minimum atomic E-state index is -5.12. The fourth-order valence-corrected chi connectivity index (χ4v) is 11.1. The van der Waals surface area contributed by atoms with E-state index in [2.05, 4.69) is 51.2 Å². The van der Waals surface area contributed by atoms with Crippen molar-refractivity contribution in [3.8, 4) is 0 Å². The maximum Gasteiger partial charge on any atom is 0.296 e. The summed E-state index contributed by atoms with van der Waals surface area (Å²) in [5, 5.41) is 10.5. The van der Waals surface area contributed by atoms with Crippen molar-refractivity contribution in [3.05, 3.63) is 83.9 Å². The van der Waals surface area contributed by atoms with Gasteiger partial charge in [0.2, 0.25) is 35.7 Å². The van der Waals surface area contributed by atoms with E-state index >= 15 is 0 Å². The molecule has 8 rings (SSSR count). The van der Waals surface area contributed by atoms with Crippen LogP contribution in [0.2, 0.25) is 0 Å². The molecular formula is C40H40N12NaO20S6. The predicted octanol–water partition coefficient (Wildman–Crippen LogP) is 1.97. The summed E-state index contributed by atoms with van der Waals surface area (Å²) in [6, 6.07) is 11.0. The molecule has 0 aliphatic carbocycles. The fraction of sp³-hybridized carbons (Fsp3) is 0.200. The maximum atomic E-state index is 12.9. The van der Waals surface area contributed by atoms with Crippen LogP contribution in [0.5, 0.6) is 0 Å². The molecule has 4 heterocycles. The number of nitrogens with one attached hydrogen (secondary N) is 4. The zero-order chi connectivity index (χ0) is 56.6. The Morgan fingerprint density at radius 1 is 0.392 bits per heavy atom. The molecule has 10 N–H and O–H groups in total. The van der Waals surface area contributed by atoms with Crippen molar-refractivity contribution >= 4 is 161 Å². The van der Waals surface area contributed by atoms with E-state index in [1.165, 1.54) is 24.3 Å². The number of hydrogen-bond donors (Lipinski definition) is 10. The van der Waals surface area contributed by atoms with Gasteiger partial charge in [0, 0.05) is 67.1 Å². The Morgan fingerprint density at radius 2 is 0.709 bits per heavy atom. The average molecular weight is 1220 g/mol. The molecule has 39 heteroatoms. The standard InChI is InChI=1S/C40H40N12O20S6.Na/c53-73(54,55)27-7-9-31(75(59,60)61)29(21-27)43-37-45-35(47-39(49-37)51-11-15-71-16-12-51)41-25-5-3-23(33(19-25)77(65,66)67)1-2-24-4-6-26(20-34(24)78(68,69)70)42-36-46-38(50-40(48-36)52-13-17-72-18-14-52)44-30-22-28(74(56,57)58)8-10-32(30)76(62,63)64;/h1-10,19-22H,11-18H2,(H,53,54,55)(H,56,57,58)(H,59,60,61)(H,62,63,64)(H,65,66,67)(H,68,69,70)(H2,41,43,45,47,49)(H2,42,44,46,48,50);. The second-order valence-corrected chi connectivity index (χ2v) is 24.7. The maximum absolute atomic E-state index is 12.9. The van der Waals surface area contributed by atoms with E-state index in [4.69, 9.17) is 9.47 Å². The minimum Gasteiger partial charge on any atom is -0.378 e. The van der Waals surface area contributed by atoms with Crippen LogP contribution in [0.1, 0.15) is 11.1 Å². The van der Waals surface area contributed by atoms with Gasteiger partial charge < -0.3 is 40.5 Å². The van der Waals surface area contributed by atoms with Gasteiger partial charge in [-0.1, -0.05) is 24.3 Å². The molecule has 0 saturated carbocycles. The first-order chi connectivity index (χ1) is 36.4. The molecule has 2 aliphatic heterocycles. The van der Waals surface area contributed by atoms with Crippen molar-refractivity contribution in [2.24, 2.45) is 0 Å². The Labute approximate surface area is 471 Å². The molecular weight excluding hydrogens is 1180 g/mol. The van der Waals surface area contributed by atoms with Crippen LogP contribution in [0.4, 0.5) is 58.4 Å². The van der Waals surface area contributed by atoms with E-state index in [0.29, 0.717) is 24.3 Å².